The van der Waals surface area contributed by atoms with E-state index in [4.69, 9.17) is 16.3 Å². The number of anilines is 1. The molecule has 110 valence electrons. The van der Waals surface area contributed by atoms with Gasteiger partial charge in [0.2, 0.25) is 5.76 Å². The molecular formula is C17H12ClNO3. The van der Waals surface area contributed by atoms with Crippen molar-refractivity contribution in [3.05, 3.63) is 77.0 Å². The third kappa shape index (κ3) is 2.61. The lowest BCUT2D eigenvalue weighted by molar-refractivity contribution is -0.122. The number of imide groups is 1. The second-order valence-corrected chi connectivity index (χ2v) is 5.08. The highest BCUT2D eigenvalue weighted by atomic mass is 35.5. The van der Waals surface area contributed by atoms with Gasteiger partial charge in [0.15, 0.2) is 5.03 Å². The summed E-state index contributed by atoms with van der Waals surface area (Å²) < 4.78 is 5.47. The first-order valence-electron chi connectivity index (χ1n) is 6.69. The van der Waals surface area contributed by atoms with Crippen molar-refractivity contribution in [2.24, 2.45) is 0 Å². The number of benzene rings is 2. The zero-order valence-corrected chi connectivity index (χ0v) is 12.3. The van der Waals surface area contributed by atoms with Crippen molar-refractivity contribution in [1.29, 1.82) is 0 Å². The molecule has 2 amide bonds. The standard InChI is InChI=1S/C17H12ClNO3/c18-14-15(22-11-12-7-3-1-4-8-12)17(21)19(16(14)20)13-9-5-2-6-10-13/h1-10H,11H2. The van der Waals surface area contributed by atoms with E-state index in [1.807, 2.05) is 30.3 Å². The molecule has 1 aliphatic heterocycles. The number of carbonyl (C=O) groups excluding carboxylic acids is 2. The van der Waals surface area contributed by atoms with Crippen molar-refractivity contribution in [1.82, 2.24) is 0 Å². The number of para-hydroxylation sites is 1. The number of hydrogen-bond donors (Lipinski definition) is 0. The highest BCUT2D eigenvalue weighted by Gasteiger charge is 2.40. The summed E-state index contributed by atoms with van der Waals surface area (Å²) in [5.41, 5.74) is 1.35. The van der Waals surface area contributed by atoms with Crippen LogP contribution in [0.4, 0.5) is 5.69 Å². The molecule has 0 saturated heterocycles. The van der Waals surface area contributed by atoms with Crippen molar-refractivity contribution >= 4 is 29.1 Å². The Morgan fingerprint density at radius 3 is 2.09 bits per heavy atom. The number of ether oxygens (including phenoxy) is 1. The Morgan fingerprint density at radius 1 is 0.864 bits per heavy atom. The van der Waals surface area contributed by atoms with E-state index in [2.05, 4.69) is 0 Å². The van der Waals surface area contributed by atoms with Crippen LogP contribution in [0.3, 0.4) is 0 Å². The molecule has 0 spiro atoms. The highest BCUT2D eigenvalue weighted by molar-refractivity contribution is 6.52. The smallest absolute Gasteiger partial charge is 0.302 e. The third-order valence-corrected chi connectivity index (χ3v) is 3.56. The molecule has 3 rings (SSSR count). The summed E-state index contributed by atoms with van der Waals surface area (Å²) in [4.78, 5) is 25.6. The summed E-state index contributed by atoms with van der Waals surface area (Å²) >= 11 is 5.98. The fraction of sp³-hybridized carbons (Fsp3) is 0.0588. The van der Waals surface area contributed by atoms with E-state index in [0.717, 1.165) is 10.5 Å². The lowest BCUT2D eigenvalue weighted by Gasteiger charge is -2.14. The molecule has 0 bridgehead atoms. The average molecular weight is 314 g/mol. The van der Waals surface area contributed by atoms with Crippen LogP contribution in [0.1, 0.15) is 5.56 Å². The Morgan fingerprint density at radius 2 is 1.45 bits per heavy atom. The van der Waals surface area contributed by atoms with Crippen LogP contribution in [0.25, 0.3) is 0 Å². The van der Waals surface area contributed by atoms with Gasteiger partial charge in [-0.2, -0.15) is 0 Å². The fourth-order valence-electron chi connectivity index (χ4n) is 2.15. The predicted molar refractivity (Wildman–Crippen MR) is 83.0 cm³/mol. The first-order valence-corrected chi connectivity index (χ1v) is 7.06. The Bertz CT molecular complexity index is 741. The summed E-state index contributed by atoms with van der Waals surface area (Å²) in [5, 5.41) is -0.190. The zero-order chi connectivity index (χ0) is 15.5. The summed E-state index contributed by atoms with van der Waals surface area (Å²) in [5.74, 6) is -1.22. The number of rotatable bonds is 4. The Kier molecular flexibility index (Phi) is 3.94. The molecule has 2 aromatic carbocycles. The number of hydrogen-bond acceptors (Lipinski definition) is 3. The van der Waals surface area contributed by atoms with Gasteiger partial charge >= 0.3 is 5.91 Å². The minimum Gasteiger partial charge on any atom is -0.482 e. The van der Waals surface area contributed by atoms with Crippen molar-refractivity contribution in [3.63, 3.8) is 0 Å². The van der Waals surface area contributed by atoms with Gasteiger partial charge in [0.25, 0.3) is 5.91 Å². The molecule has 4 nitrogen and oxygen atoms in total. The molecule has 0 aromatic heterocycles. The van der Waals surface area contributed by atoms with Crippen LogP contribution in [0.15, 0.2) is 71.5 Å². The number of halogens is 1. The van der Waals surface area contributed by atoms with E-state index in [1.54, 1.807) is 30.3 Å². The largest absolute Gasteiger partial charge is 0.482 e. The van der Waals surface area contributed by atoms with E-state index in [9.17, 15) is 9.59 Å². The monoisotopic (exact) mass is 313 g/mol. The van der Waals surface area contributed by atoms with E-state index in [0.29, 0.717) is 5.69 Å². The molecule has 5 heteroatoms. The minimum atomic E-state index is -0.569. The van der Waals surface area contributed by atoms with Crippen LogP contribution in [0.2, 0.25) is 0 Å². The Balaban J connectivity index is 1.80. The lowest BCUT2D eigenvalue weighted by atomic mass is 10.2. The molecule has 0 aliphatic carbocycles. The van der Waals surface area contributed by atoms with Crippen LogP contribution in [-0.2, 0) is 20.9 Å². The van der Waals surface area contributed by atoms with Crippen molar-refractivity contribution in [2.45, 2.75) is 6.61 Å². The van der Waals surface area contributed by atoms with Gasteiger partial charge in [-0.15, -0.1) is 0 Å². The Labute approximate surface area is 132 Å². The van der Waals surface area contributed by atoms with E-state index >= 15 is 0 Å². The zero-order valence-electron chi connectivity index (χ0n) is 11.5. The topological polar surface area (TPSA) is 46.6 Å². The lowest BCUT2D eigenvalue weighted by Crippen LogP contribution is -2.31. The van der Waals surface area contributed by atoms with Crippen molar-refractivity contribution < 1.29 is 14.3 Å². The van der Waals surface area contributed by atoms with Gasteiger partial charge in [-0.3, -0.25) is 9.59 Å². The second-order valence-electron chi connectivity index (χ2n) is 4.70. The van der Waals surface area contributed by atoms with Crippen molar-refractivity contribution in [3.8, 4) is 0 Å². The molecule has 0 atom stereocenters. The van der Waals surface area contributed by atoms with Gasteiger partial charge in [-0.05, 0) is 17.7 Å². The van der Waals surface area contributed by atoms with Crippen LogP contribution < -0.4 is 4.90 Å². The average Bonchev–Trinajstić information content (AvgIpc) is 2.77. The molecule has 0 unspecified atom stereocenters. The molecular weight excluding hydrogens is 302 g/mol. The molecule has 2 aromatic rings. The van der Waals surface area contributed by atoms with E-state index in [1.165, 1.54) is 0 Å². The quantitative estimate of drug-likeness (QED) is 0.814. The van der Waals surface area contributed by atoms with Gasteiger partial charge in [0.1, 0.15) is 6.61 Å². The van der Waals surface area contributed by atoms with E-state index < -0.39 is 11.8 Å². The minimum absolute atomic E-state index is 0.112. The molecule has 22 heavy (non-hydrogen) atoms. The maximum absolute atomic E-state index is 12.4. The number of carbonyl (C=O) groups is 2. The van der Waals surface area contributed by atoms with Gasteiger partial charge in [0, 0.05) is 0 Å². The van der Waals surface area contributed by atoms with Crippen molar-refractivity contribution in [2.75, 3.05) is 4.90 Å². The molecule has 0 N–H and O–H groups in total. The van der Waals surface area contributed by atoms with Gasteiger partial charge in [-0.25, -0.2) is 4.90 Å². The molecule has 0 fully saturated rings. The second kappa shape index (κ2) is 6.03. The summed E-state index contributed by atoms with van der Waals surface area (Å²) in [6, 6.07) is 18.0. The molecule has 0 saturated carbocycles. The van der Waals surface area contributed by atoms with Gasteiger partial charge in [0.05, 0.1) is 5.69 Å². The summed E-state index contributed by atoms with van der Waals surface area (Å²) in [6.07, 6.45) is 0. The number of amides is 2. The highest BCUT2D eigenvalue weighted by Crippen LogP contribution is 2.30. The first kappa shape index (κ1) is 14.4. The molecule has 1 heterocycles. The van der Waals surface area contributed by atoms with Crippen LogP contribution >= 0.6 is 11.6 Å². The predicted octanol–water partition coefficient (Wildman–Crippen LogP) is 3.23. The maximum atomic E-state index is 12.4. The summed E-state index contributed by atoms with van der Waals surface area (Å²) in [6.45, 7) is 0.175. The maximum Gasteiger partial charge on any atom is 0.302 e. The SMILES string of the molecule is O=C1C(Cl)=C(OCc2ccccc2)C(=O)N1c1ccccc1. The van der Waals surface area contributed by atoms with Crippen LogP contribution in [0.5, 0.6) is 0 Å². The normalized spacial score (nSPS) is 14.7. The molecule has 0 radical (unpaired) electrons. The summed E-state index contributed by atoms with van der Waals surface area (Å²) in [7, 11) is 0. The van der Waals surface area contributed by atoms with E-state index in [-0.39, 0.29) is 17.4 Å². The number of nitrogens with zero attached hydrogens (tertiary/aromatic N) is 1. The van der Waals surface area contributed by atoms with Crippen LogP contribution in [0, 0.1) is 0 Å². The Hall–Kier alpha value is -2.59. The van der Waals surface area contributed by atoms with Gasteiger partial charge in [-0.1, -0.05) is 60.1 Å². The first-order chi connectivity index (χ1) is 10.7. The van der Waals surface area contributed by atoms with Gasteiger partial charge < -0.3 is 4.74 Å². The molecule has 1 aliphatic rings. The van der Waals surface area contributed by atoms with Crippen LogP contribution in [-0.4, -0.2) is 11.8 Å². The third-order valence-electron chi connectivity index (χ3n) is 3.23. The fourth-order valence-corrected chi connectivity index (χ4v) is 2.37.